The molecule has 25 heavy (non-hydrogen) atoms. The second kappa shape index (κ2) is 7.89. The summed E-state index contributed by atoms with van der Waals surface area (Å²) in [5.41, 5.74) is -0.955. The van der Waals surface area contributed by atoms with E-state index in [9.17, 15) is 24.2 Å². The maximum atomic E-state index is 14.1. The number of aliphatic hydroxyl groups is 2. The molecule has 1 aromatic rings. The lowest BCUT2D eigenvalue weighted by Gasteiger charge is -2.17. The molecule has 1 amide bonds. The Morgan fingerprint density at radius 2 is 2.20 bits per heavy atom. The van der Waals surface area contributed by atoms with E-state index in [1.54, 1.807) is 0 Å². The number of ether oxygens (including phenoxy) is 2. The number of halogens is 1. The van der Waals surface area contributed by atoms with E-state index in [-0.39, 0.29) is 12.5 Å². The third-order valence-electron chi connectivity index (χ3n) is 4.07. The number of aromatic nitrogens is 2. The van der Waals surface area contributed by atoms with Crippen molar-refractivity contribution >= 4 is 11.9 Å². The van der Waals surface area contributed by atoms with Crippen LogP contribution in [0.15, 0.2) is 11.0 Å². The number of carbonyl (C=O) groups is 1. The molecule has 2 heterocycles. The first-order valence-corrected chi connectivity index (χ1v) is 7.98. The normalized spacial score (nSPS) is 27.1. The molecule has 0 radical (unpaired) electrons. The molecule has 0 bridgehead atoms. The van der Waals surface area contributed by atoms with Crippen molar-refractivity contribution in [3.63, 3.8) is 0 Å². The van der Waals surface area contributed by atoms with Gasteiger partial charge in [-0.05, 0) is 12.8 Å². The maximum Gasteiger partial charge on any atom is 0.412 e. The molecule has 1 aliphatic heterocycles. The highest BCUT2D eigenvalue weighted by Crippen LogP contribution is 2.28. The molecule has 10 heteroatoms. The smallest absolute Gasteiger partial charge is 0.412 e. The molecule has 0 spiro atoms. The van der Waals surface area contributed by atoms with Crippen molar-refractivity contribution in [1.29, 1.82) is 0 Å². The molecule has 1 saturated heterocycles. The van der Waals surface area contributed by atoms with Gasteiger partial charge in [0.15, 0.2) is 17.9 Å². The fourth-order valence-corrected chi connectivity index (χ4v) is 2.24. The van der Waals surface area contributed by atoms with Crippen molar-refractivity contribution < 1.29 is 28.9 Å². The van der Waals surface area contributed by atoms with Crippen LogP contribution in [0.3, 0.4) is 0 Å². The summed E-state index contributed by atoms with van der Waals surface area (Å²) in [5.74, 6) is -1.45. The van der Waals surface area contributed by atoms with Crippen LogP contribution in [0.2, 0.25) is 0 Å². The summed E-state index contributed by atoms with van der Waals surface area (Å²) in [6.45, 7) is 5.48. The van der Waals surface area contributed by atoms with Crippen LogP contribution in [0.1, 0.15) is 33.4 Å². The lowest BCUT2D eigenvalue weighted by atomic mass is 10.1. The van der Waals surface area contributed by atoms with Gasteiger partial charge in [-0.25, -0.2) is 14.0 Å². The number of amides is 1. The van der Waals surface area contributed by atoms with Gasteiger partial charge in [0.2, 0.25) is 0 Å². The van der Waals surface area contributed by atoms with Crippen molar-refractivity contribution in [2.45, 2.75) is 51.7 Å². The van der Waals surface area contributed by atoms with Crippen LogP contribution in [0.5, 0.6) is 0 Å². The number of carbonyl (C=O) groups excluding carboxylic acids is 1. The van der Waals surface area contributed by atoms with Crippen molar-refractivity contribution in [1.82, 2.24) is 9.55 Å². The van der Waals surface area contributed by atoms with Crippen LogP contribution in [-0.2, 0) is 9.47 Å². The van der Waals surface area contributed by atoms with Crippen LogP contribution in [-0.4, -0.2) is 50.8 Å². The number of anilines is 1. The van der Waals surface area contributed by atoms with E-state index in [0.717, 1.165) is 17.2 Å². The Morgan fingerprint density at radius 3 is 2.76 bits per heavy atom. The zero-order valence-corrected chi connectivity index (χ0v) is 14.2. The zero-order valence-electron chi connectivity index (χ0n) is 14.2. The van der Waals surface area contributed by atoms with Crippen LogP contribution in [0.25, 0.3) is 0 Å². The molecule has 2 rings (SSSR count). The van der Waals surface area contributed by atoms with Gasteiger partial charge in [0.1, 0.15) is 12.2 Å². The van der Waals surface area contributed by atoms with Gasteiger partial charge in [-0.15, -0.1) is 0 Å². The van der Waals surface area contributed by atoms with E-state index in [1.807, 2.05) is 13.8 Å². The fourth-order valence-electron chi connectivity index (χ4n) is 2.24. The van der Waals surface area contributed by atoms with Gasteiger partial charge in [-0.2, -0.15) is 4.98 Å². The minimum Gasteiger partial charge on any atom is -0.449 e. The van der Waals surface area contributed by atoms with Gasteiger partial charge >= 0.3 is 11.8 Å². The number of rotatable bonds is 5. The van der Waals surface area contributed by atoms with E-state index in [0.29, 0.717) is 0 Å². The highest BCUT2D eigenvalue weighted by molar-refractivity contribution is 5.83. The molecule has 0 aromatic carbocycles. The lowest BCUT2D eigenvalue weighted by molar-refractivity contribution is -0.0355. The summed E-state index contributed by atoms with van der Waals surface area (Å²) < 4.78 is 25.0. The maximum absolute atomic E-state index is 14.1. The topological polar surface area (TPSA) is 123 Å². The van der Waals surface area contributed by atoms with Gasteiger partial charge < -0.3 is 19.7 Å². The summed E-state index contributed by atoms with van der Waals surface area (Å²) in [5, 5.41) is 21.6. The Balaban J connectivity index is 2.12. The van der Waals surface area contributed by atoms with Gasteiger partial charge in [0.25, 0.3) is 0 Å². The monoisotopic (exact) mass is 359 g/mol. The largest absolute Gasteiger partial charge is 0.449 e. The van der Waals surface area contributed by atoms with Crippen molar-refractivity contribution in [2.24, 2.45) is 5.92 Å². The molecule has 140 valence electrons. The summed E-state index contributed by atoms with van der Waals surface area (Å²) in [6.07, 6.45) is -4.00. The van der Waals surface area contributed by atoms with Crippen molar-refractivity contribution in [3.05, 3.63) is 22.5 Å². The quantitative estimate of drug-likeness (QED) is 0.704. The average Bonchev–Trinajstić information content (AvgIpc) is 2.83. The number of nitrogens with one attached hydrogen (secondary N) is 1. The van der Waals surface area contributed by atoms with E-state index in [2.05, 4.69) is 10.3 Å². The molecule has 0 saturated carbocycles. The lowest BCUT2D eigenvalue weighted by Crippen LogP contribution is -2.36. The second-order valence-electron chi connectivity index (χ2n) is 6.08. The first kappa shape index (κ1) is 19.3. The Bertz CT molecular complexity index is 682. The molecule has 0 aliphatic carbocycles. The predicted octanol–water partition coefficient (Wildman–Crippen LogP) is 0.616. The zero-order chi connectivity index (χ0) is 18.7. The van der Waals surface area contributed by atoms with Crippen LogP contribution in [0, 0.1) is 11.7 Å². The van der Waals surface area contributed by atoms with E-state index < -0.39 is 48.0 Å². The highest BCUT2D eigenvalue weighted by Gasteiger charge is 2.42. The van der Waals surface area contributed by atoms with E-state index >= 15 is 0 Å². The van der Waals surface area contributed by atoms with Crippen LogP contribution < -0.4 is 11.0 Å². The Labute approximate surface area is 143 Å². The summed E-state index contributed by atoms with van der Waals surface area (Å²) in [4.78, 5) is 27.1. The number of hydrogen-bond donors (Lipinski definition) is 3. The van der Waals surface area contributed by atoms with E-state index in [4.69, 9.17) is 9.47 Å². The third kappa shape index (κ3) is 4.33. The standard InChI is InChI=1S/C15H22FN3O6/c1-4-7(2)6-24-15(23)18-12-9(16)5-19(14(22)17-12)13-11(21)10(20)8(3)25-13/h5,7-8,10-11,13,20-21H,4,6H2,1-3H3,(H,17,18,22,23)/t7-,8-,10+,11-,13-/m1/s1. The second-order valence-corrected chi connectivity index (χ2v) is 6.08. The number of nitrogens with zero attached hydrogens (tertiary/aromatic N) is 2. The number of hydrogen-bond acceptors (Lipinski definition) is 7. The molecular formula is C15H22FN3O6. The molecule has 0 unspecified atom stereocenters. The van der Waals surface area contributed by atoms with Crippen molar-refractivity contribution in [3.8, 4) is 0 Å². The first-order valence-electron chi connectivity index (χ1n) is 7.98. The predicted molar refractivity (Wildman–Crippen MR) is 84.5 cm³/mol. The molecule has 3 N–H and O–H groups in total. The fraction of sp³-hybridized carbons (Fsp3) is 0.667. The minimum absolute atomic E-state index is 0.144. The molecule has 9 nitrogen and oxygen atoms in total. The third-order valence-corrected chi connectivity index (χ3v) is 4.07. The molecule has 1 fully saturated rings. The Hall–Kier alpha value is -2.04. The van der Waals surface area contributed by atoms with Gasteiger partial charge in [0.05, 0.1) is 18.9 Å². The van der Waals surface area contributed by atoms with Crippen molar-refractivity contribution in [2.75, 3.05) is 11.9 Å². The minimum atomic E-state index is -1.41. The number of aliphatic hydroxyl groups excluding tert-OH is 2. The van der Waals surface area contributed by atoms with Gasteiger partial charge in [0, 0.05) is 0 Å². The Kier molecular flexibility index (Phi) is 6.09. The molecular weight excluding hydrogens is 337 g/mol. The summed E-state index contributed by atoms with van der Waals surface area (Å²) in [6, 6.07) is 0. The Morgan fingerprint density at radius 1 is 1.52 bits per heavy atom. The van der Waals surface area contributed by atoms with Crippen LogP contribution in [0.4, 0.5) is 15.0 Å². The van der Waals surface area contributed by atoms with E-state index in [1.165, 1.54) is 6.92 Å². The SMILES string of the molecule is CC[C@@H](C)COC(=O)Nc1nc(=O)n([C@@H]2O[C@H](C)[C@H](O)[C@H]2O)cc1F. The summed E-state index contributed by atoms with van der Waals surface area (Å²) >= 11 is 0. The average molecular weight is 359 g/mol. The first-order chi connectivity index (χ1) is 11.7. The van der Waals surface area contributed by atoms with Gasteiger partial charge in [-0.1, -0.05) is 20.3 Å². The molecule has 5 atom stereocenters. The highest BCUT2D eigenvalue weighted by atomic mass is 19.1. The van der Waals surface area contributed by atoms with Gasteiger partial charge in [-0.3, -0.25) is 9.88 Å². The summed E-state index contributed by atoms with van der Waals surface area (Å²) in [7, 11) is 0. The molecule has 1 aliphatic rings. The van der Waals surface area contributed by atoms with Crippen LogP contribution >= 0.6 is 0 Å². The molecule has 1 aromatic heterocycles.